The number of sulfonamides is 1. The van der Waals surface area contributed by atoms with Crippen LogP contribution in [0.25, 0.3) is 0 Å². The Hall–Kier alpha value is -2.61. The van der Waals surface area contributed by atoms with E-state index in [1.165, 1.54) is 4.31 Å². The fraction of sp³-hybridized carbons (Fsp3) is 0.294. The summed E-state index contributed by atoms with van der Waals surface area (Å²) in [5.41, 5.74) is 1.55. The minimum Gasteiger partial charge on any atom is -0.362 e. The first-order chi connectivity index (χ1) is 11.9. The van der Waals surface area contributed by atoms with Crippen molar-refractivity contribution >= 4 is 33.1 Å². The summed E-state index contributed by atoms with van der Waals surface area (Å²) in [7, 11) is 0.383. The molecule has 0 unspecified atom stereocenters. The van der Waals surface area contributed by atoms with E-state index in [1.54, 1.807) is 47.5 Å². The number of nitrogens with zero attached hydrogens (tertiary/aromatic N) is 3. The van der Waals surface area contributed by atoms with E-state index >= 15 is 0 Å². The average molecular weight is 360 g/mol. The smallest absolute Gasteiger partial charge is 0.259 e. The number of nitrogens with one attached hydrogen (secondary N) is 1. The van der Waals surface area contributed by atoms with E-state index < -0.39 is 10.0 Å². The van der Waals surface area contributed by atoms with Crippen LogP contribution in [-0.2, 0) is 10.0 Å². The lowest BCUT2D eigenvalue weighted by molar-refractivity contribution is 0.102. The Kier molecular flexibility index (Phi) is 4.63. The van der Waals surface area contributed by atoms with Crippen LogP contribution in [-0.4, -0.2) is 45.7 Å². The maximum atomic E-state index is 12.6. The lowest BCUT2D eigenvalue weighted by Gasteiger charge is -2.18. The maximum absolute atomic E-state index is 12.6. The number of hydrogen-bond acceptors (Lipinski definition) is 5. The standard InChI is InChI=1S/C17H20N4O3S/c1-20(2)16-15(8-4-9-18-16)17(22)19-13-6-3-7-14(12-13)21-10-5-11-25(21,23)24/h3-4,6-9,12H,5,10-11H2,1-2H3,(H,19,22). The number of pyridine rings is 1. The SMILES string of the molecule is CN(C)c1ncccc1C(=O)Nc1cccc(N2CCCS2(=O)=O)c1. The molecule has 1 aliphatic heterocycles. The number of aromatic nitrogens is 1. The number of amides is 1. The Labute approximate surface area is 147 Å². The molecule has 1 N–H and O–H groups in total. The molecule has 1 amide bonds. The molecule has 1 saturated heterocycles. The van der Waals surface area contributed by atoms with Gasteiger partial charge in [-0.2, -0.15) is 0 Å². The number of benzene rings is 1. The van der Waals surface area contributed by atoms with E-state index in [2.05, 4.69) is 10.3 Å². The Morgan fingerprint density at radius 3 is 2.72 bits per heavy atom. The molecule has 2 aromatic rings. The second-order valence-electron chi connectivity index (χ2n) is 6.02. The van der Waals surface area contributed by atoms with Gasteiger partial charge < -0.3 is 10.2 Å². The van der Waals surface area contributed by atoms with Gasteiger partial charge in [0.05, 0.1) is 17.0 Å². The van der Waals surface area contributed by atoms with Gasteiger partial charge in [-0.1, -0.05) is 6.07 Å². The first-order valence-electron chi connectivity index (χ1n) is 7.93. The van der Waals surface area contributed by atoms with E-state index in [1.807, 2.05) is 14.1 Å². The van der Waals surface area contributed by atoms with Crippen molar-refractivity contribution in [3.8, 4) is 0 Å². The van der Waals surface area contributed by atoms with Crippen LogP contribution in [0.1, 0.15) is 16.8 Å². The van der Waals surface area contributed by atoms with E-state index in [0.717, 1.165) is 0 Å². The predicted octanol–water partition coefficient (Wildman–Crippen LogP) is 1.94. The molecule has 2 heterocycles. The molecule has 25 heavy (non-hydrogen) atoms. The van der Waals surface area contributed by atoms with Crippen LogP contribution in [0.3, 0.4) is 0 Å². The van der Waals surface area contributed by atoms with Gasteiger partial charge in [-0.3, -0.25) is 9.10 Å². The molecule has 132 valence electrons. The Morgan fingerprint density at radius 1 is 1.24 bits per heavy atom. The summed E-state index contributed by atoms with van der Waals surface area (Å²) < 4.78 is 25.5. The number of carbonyl (C=O) groups is 1. The molecule has 0 radical (unpaired) electrons. The average Bonchev–Trinajstić information content (AvgIpc) is 2.94. The van der Waals surface area contributed by atoms with Gasteiger partial charge in [0.2, 0.25) is 10.0 Å². The van der Waals surface area contributed by atoms with Crippen molar-refractivity contribution in [3.63, 3.8) is 0 Å². The zero-order chi connectivity index (χ0) is 18.0. The largest absolute Gasteiger partial charge is 0.362 e. The molecule has 0 saturated carbocycles. The molecule has 0 atom stereocenters. The highest BCUT2D eigenvalue weighted by molar-refractivity contribution is 7.93. The highest BCUT2D eigenvalue weighted by atomic mass is 32.2. The topological polar surface area (TPSA) is 82.6 Å². The summed E-state index contributed by atoms with van der Waals surface area (Å²) in [6, 6.07) is 10.3. The number of carbonyl (C=O) groups excluding carboxylic acids is 1. The molecule has 3 rings (SSSR count). The summed E-state index contributed by atoms with van der Waals surface area (Å²) >= 11 is 0. The van der Waals surface area contributed by atoms with Crippen LogP contribution in [0.5, 0.6) is 0 Å². The second kappa shape index (κ2) is 6.72. The van der Waals surface area contributed by atoms with Gasteiger partial charge in [0, 0.05) is 32.5 Å². The van der Waals surface area contributed by atoms with Crippen LogP contribution < -0.4 is 14.5 Å². The van der Waals surface area contributed by atoms with Gasteiger partial charge in [0.1, 0.15) is 5.82 Å². The van der Waals surface area contributed by atoms with Crippen molar-refractivity contribution < 1.29 is 13.2 Å². The predicted molar refractivity (Wildman–Crippen MR) is 98.7 cm³/mol. The fourth-order valence-electron chi connectivity index (χ4n) is 2.80. The van der Waals surface area contributed by atoms with Gasteiger partial charge in [0.25, 0.3) is 5.91 Å². The van der Waals surface area contributed by atoms with Gasteiger partial charge in [-0.15, -0.1) is 0 Å². The van der Waals surface area contributed by atoms with Gasteiger partial charge in [-0.05, 0) is 36.8 Å². The fourth-order valence-corrected chi connectivity index (χ4v) is 4.35. The summed E-state index contributed by atoms with van der Waals surface area (Å²) in [4.78, 5) is 18.6. The lowest BCUT2D eigenvalue weighted by Crippen LogP contribution is -2.25. The van der Waals surface area contributed by atoms with Crippen LogP contribution >= 0.6 is 0 Å². The third-order valence-corrected chi connectivity index (χ3v) is 5.82. The van der Waals surface area contributed by atoms with Crippen molar-refractivity contribution in [1.82, 2.24) is 4.98 Å². The number of hydrogen-bond donors (Lipinski definition) is 1. The van der Waals surface area contributed by atoms with Gasteiger partial charge in [-0.25, -0.2) is 13.4 Å². The van der Waals surface area contributed by atoms with E-state index in [-0.39, 0.29) is 11.7 Å². The van der Waals surface area contributed by atoms with Crippen LogP contribution in [0.2, 0.25) is 0 Å². The summed E-state index contributed by atoms with van der Waals surface area (Å²) in [6.07, 6.45) is 2.24. The lowest BCUT2D eigenvalue weighted by atomic mass is 10.2. The normalized spacial score (nSPS) is 15.8. The zero-order valence-electron chi connectivity index (χ0n) is 14.1. The highest BCUT2D eigenvalue weighted by Crippen LogP contribution is 2.27. The third kappa shape index (κ3) is 3.58. The van der Waals surface area contributed by atoms with Crippen molar-refractivity contribution in [2.75, 3.05) is 40.9 Å². The Balaban J connectivity index is 1.85. The molecule has 8 heteroatoms. The monoisotopic (exact) mass is 360 g/mol. The quantitative estimate of drug-likeness (QED) is 0.901. The van der Waals surface area contributed by atoms with Crippen LogP contribution in [0.15, 0.2) is 42.6 Å². The van der Waals surface area contributed by atoms with E-state index in [0.29, 0.717) is 35.7 Å². The first-order valence-corrected chi connectivity index (χ1v) is 9.53. The van der Waals surface area contributed by atoms with Gasteiger partial charge in [0.15, 0.2) is 0 Å². The first kappa shape index (κ1) is 17.2. The molecular formula is C17H20N4O3S. The van der Waals surface area contributed by atoms with Crippen molar-refractivity contribution in [2.24, 2.45) is 0 Å². The van der Waals surface area contributed by atoms with Crippen LogP contribution in [0, 0.1) is 0 Å². The molecular weight excluding hydrogens is 340 g/mol. The Morgan fingerprint density at radius 2 is 2.04 bits per heavy atom. The Bertz CT molecular complexity index is 896. The molecule has 0 bridgehead atoms. The number of rotatable bonds is 4. The molecule has 1 aliphatic rings. The van der Waals surface area contributed by atoms with E-state index in [4.69, 9.17) is 0 Å². The zero-order valence-corrected chi connectivity index (χ0v) is 15.0. The van der Waals surface area contributed by atoms with Crippen molar-refractivity contribution in [1.29, 1.82) is 0 Å². The summed E-state index contributed by atoms with van der Waals surface area (Å²) in [5, 5.41) is 2.82. The molecule has 1 aromatic heterocycles. The molecule has 1 fully saturated rings. The minimum atomic E-state index is -3.25. The maximum Gasteiger partial charge on any atom is 0.259 e. The van der Waals surface area contributed by atoms with Gasteiger partial charge >= 0.3 is 0 Å². The molecule has 0 spiro atoms. The number of anilines is 3. The van der Waals surface area contributed by atoms with E-state index in [9.17, 15) is 13.2 Å². The van der Waals surface area contributed by atoms with Crippen LogP contribution in [0.4, 0.5) is 17.2 Å². The molecule has 0 aliphatic carbocycles. The molecule has 7 nitrogen and oxygen atoms in total. The summed E-state index contributed by atoms with van der Waals surface area (Å²) in [5.74, 6) is 0.433. The second-order valence-corrected chi connectivity index (χ2v) is 8.03. The summed E-state index contributed by atoms with van der Waals surface area (Å²) in [6.45, 7) is 0.465. The van der Waals surface area contributed by atoms with Crippen molar-refractivity contribution in [3.05, 3.63) is 48.2 Å². The third-order valence-electron chi connectivity index (χ3n) is 3.95. The minimum absolute atomic E-state index is 0.158. The van der Waals surface area contributed by atoms with Crippen molar-refractivity contribution in [2.45, 2.75) is 6.42 Å². The highest BCUT2D eigenvalue weighted by Gasteiger charge is 2.28. The molecule has 1 aromatic carbocycles.